The number of nitrogens with two attached hydrogens (primary N) is 1. The van der Waals surface area contributed by atoms with Crippen LogP contribution in [0.15, 0.2) is 0 Å². The molecule has 3 N–H and O–H groups in total. The second-order valence-electron chi connectivity index (χ2n) is 5.53. The van der Waals surface area contributed by atoms with Gasteiger partial charge >= 0.3 is 0 Å². The van der Waals surface area contributed by atoms with Crippen LogP contribution in [0.1, 0.15) is 39.5 Å². The van der Waals surface area contributed by atoms with Crippen molar-refractivity contribution in [3.8, 4) is 0 Å². The van der Waals surface area contributed by atoms with Gasteiger partial charge in [-0.25, -0.2) is 0 Å². The smallest absolute Gasteiger partial charge is 0.239 e. The van der Waals surface area contributed by atoms with Gasteiger partial charge in [0, 0.05) is 19.6 Å². The zero-order valence-corrected chi connectivity index (χ0v) is 12.3. The van der Waals surface area contributed by atoms with Crippen molar-refractivity contribution >= 4 is 11.8 Å². The highest BCUT2D eigenvalue weighted by Gasteiger charge is 2.36. The Labute approximate surface area is 115 Å². The Bertz CT molecular complexity index is 310. The van der Waals surface area contributed by atoms with Crippen LogP contribution in [0.3, 0.4) is 0 Å². The Hall–Kier alpha value is -1.10. The second-order valence-corrected chi connectivity index (χ2v) is 5.53. The van der Waals surface area contributed by atoms with Crippen molar-refractivity contribution in [2.45, 2.75) is 45.6 Å². The van der Waals surface area contributed by atoms with Crippen LogP contribution in [0.2, 0.25) is 0 Å². The molecule has 19 heavy (non-hydrogen) atoms. The molecular weight excluding hydrogens is 242 g/mol. The first-order valence-electron chi connectivity index (χ1n) is 7.26. The summed E-state index contributed by atoms with van der Waals surface area (Å²) >= 11 is 0. The SMILES string of the molecule is CCCN(CC(=O)NC)C(=O)C1C(C)CCCC1N. The van der Waals surface area contributed by atoms with E-state index in [2.05, 4.69) is 12.2 Å². The molecule has 0 aliphatic heterocycles. The Morgan fingerprint density at radius 1 is 1.37 bits per heavy atom. The number of hydrogen-bond donors (Lipinski definition) is 2. The Balaban J connectivity index is 2.76. The van der Waals surface area contributed by atoms with Gasteiger partial charge in [-0.1, -0.05) is 20.3 Å². The van der Waals surface area contributed by atoms with Crippen molar-refractivity contribution < 1.29 is 9.59 Å². The summed E-state index contributed by atoms with van der Waals surface area (Å²) in [6.07, 6.45) is 3.89. The lowest BCUT2D eigenvalue weighted by Gasteiger charge is -2.36. The molecule has 0 radical (unpaired) electrons. The minimum absolute atomic E-state index is 0.0464. The zero-order chi connectivity index (χ0) is 14.4. The summed E-state index contributed by atoms with van der Waals surface area (Å²) in [5, 5.41) is 2.57. The predicted molar refractivity (Wildman–Crippen MR) is 75.4 cm³/mol. The lowest BCUT2D eigenvalue weighted by atomic mass is 9.76. The maximum atomic E-state index is 12.6. The monoisotopic (exact) mass is 269 g/mol. The second kappa shape index (κ2) is 7.48. The van der Waals surface area contributed by atoms with E-state index < -0.39 is 0 Å². The van der Waals surface area contributed by atoms with Gasteiger partial charge in [0.05, 0.1) is 12.5 Å². The Morgan fingerprint density at radius 2 is 2.05 bits per heavy atom. The van der Waals surface area contributed by atoms with E-state index in [1.165, 1.54) is 0 Å². The van der Waals surface area contributed by atoms with E-state index in [0.29, 0.717) is 12.5 Å². The molecule has 110 valence electrons. The molecule has 0 aromatic heterocycles. The Kier molecular flexibility index (Phi) is 6.28. The number of rotatable bonds is 5. The number of likely N-dealkylation sites (N-methyl/N-ethyl adjacent to an activating group) is 1. The maximum absolute atomic E-state index is 12.6. The molecule has 1 aliphatic carbocycles. The third-order valence-corrected chi connectivity index (χ3v) is 3.97. The van der Waals surface area contributed by atoms with Crippen molar-refractivity contribution in [3.63, 3.8) is 0 Å². The minimum Gasteiger partial charge on any atom is -0.358 e. The molecule has 0 aromatic rings. The van der Waals surface area contributed by atoms with E-state index in [4.69, 9.17) is 5.73 Å². The maximum Gasteiger partial charge on any atom is 0.239 e. The number of carbonyl (C=O) groups is 2. The van der Waals surface area contributed by atoms with E-state index in [1.54, 1.807) is 11.9 Å². The van der Waals surface area contributed by atoms with Crippen molar-refractivity contribution in [1.82, 2.24) is 10.2 Å². The Morgan fingerprint density at radius 3 is 2.58 bits per heavy atom. The molecule has 3 unspecified atom stereocenters. The molecule has 5 heteroatoms. The van der Waals surface area contributed by atoms with Gasteiger partial charge in [-0.3, -0.25) is 9.59 Å². The van der Waals surface area contributed by atoms with Crippen LogP contribution in [0, 0.1) is 11.8 Å². The van der Waals surface area contributed by atoms with E-state index in [0.717, 1.165) is 25.7 Å². The van der Waals surface area contributed by atoms with Crippen LogP contribution in [0.25, 0.3) is 0 Å². The molecule has 0 saturated heterocycles. The first kappa shape index (κ1) is 16.0. The zero-order valence-electron chi connectivity index (χ0n) is 12.3. The van der Waals surface area contributed by atoms with E-state index in [1.807, 2.05) is 6.92 Å². The van der Waals surface area contributed by atoms with Gasteiger partial charge in [0.25, 0.3) is 0 Å². The van der Waals surface area contributed by atoms with Gasteiger partial charge in [-0.2, -0.15) is 0 Å². The highest BCUT2D eigenvalue weighted by molar-refractivity contribution is 5.86. The number of nitrogens with one attached hydrogen (secondary N) is 1. The predicted octanol–water partition coefficient (Wildman–Crippen LogP) is 0.735. The molecule has 0 heterocycles. The average molecular weight is 269 g/mol. The van der Waals surface area contributed by atoms with Crippen LogP contribution in [-0.4, -0.2) is 42.9 Å². The van der Waals surface area contributed by atoms with Gasteiger partial charge < -0.3 is 16.0 Å². The van der Waals surface area contributed by atoms with Crippen LogP contribution in [0.4, 0.5) is 0 Å². The lowest BCUT2D eigenvalue weighted by Crippen LogP contribution is -2.51. The van der Waals surface area contributed by atoms with Crippen LogP contribution < -0.4 is 11.1 Å². The molecule has 0 aromatic carbocycles. The van der Waals surface area contributed by atoms with Crippen molar-refractivity contribution in [1.29, 1.82) is 0 Å². The quantitative estimate of drug-likeness (QED) is 0.773. The lowest BCUT2D eigenvalue weighted by molar-refractivity contribution is -0.142. The number of carbonyl (C=O) groups excluding carboxylic acids is 2. The normalized spacial score (nSPS) is 26.8. The highest BCUT2D eigenvalue weighted by Crippen LogP contribution is 2.30. The summed E-state index contributed by atoms with van der Waals surface area (Å²) in [6, 6.07) is -0.0692. The fourth-order valence-corrected chi connectivity index (χ4v) is 2.88. The van der Waals surface area contributed by atoms with Crippen molar-refractivity contribution in [2.75, 3.05) is 20.1 Å². The molecule has 1 saturated carbocycles. The third-order valence-electron chi connectivity index (χ3n) is 3.97. The highest BCUT2D eigenvalue weighted by atomic mass is 16.2. The number of hydrogen-bond acceptors (Lipinski definition) is 3. The van der Waals surface area contributed by atoms with Crippen LogP contribution in [0.5, 0.6) is 0 Å². The van der Waals surface area contributed by atoms with E-state index >= 15 is 0 Å². The number of amides is 2. The fraction of sp³-hybridized carbons (Fsp3) is 0.857. The first-order chi connectivity index (χ1) is 9.01. The summed E-state index contributed by atoms with van der Waals surface area (Å²) in [5.41, 5.74) is 6.12. The standard InChI is InChI=1S/C14H27N3O2/c1-4-8-17(9-12(18)16-3)14(19)13-10(2)6-5-7-11(13)15/h10-11,13H,4-9,15H2,1-3H3,(H,16,18). The van der Waals surface area contributed by atoms with Gasteiger partial charge in [0.15, 0.2) is 0 Å². The molecular formula is C14H27N3O2. The molecule has 1 aliphatic rings. The largest absolute Gasteiger partial charge is 0.358 e. The van der Waals surface area contributed by atoms with Crippen molar-refractivity contribution in [2.24, 2.45) is 17.6 Å². The van der Waals surface area contributed by atoms with Gasteiger partial charge in [0.2, 0.25) is 11.8 Å². The van der Waals surface area contributed by atoms with E-state index in [-0.39, 0.29) is 30.3 Å². The van der Waals surface area contributed by atoms with E-state index in [9.17, 15) is 9.59 Å². The molecule has 0 bridgehead atoms. The molecule has 5 nitrogen and oxygen atoms in total. The summed E-state index contributed by atoms with van der Waals surface area (Å²) in [6.45, 7) is 4.85. The molecule has 0 spiro atoms. The fourth-order valence-electron chi connectivity index (χ4n) is 2.88. The first-order valence-corrected chi connectivity index (χ1v) is 7.26. The molecule has 1 fully saturated rings. The van der Waals surface area contributed by atoms with Crippen LogP contribution in [-0.2, 0) is 9.59 Å². The third kappa shape index (κ3) is 4.20. The number of nitrogens with zero attached hydrogens (tertiary/aromatic N) is 1. The molecule has 3 atom stereocenters. The average Bonchev–Trinajstić information content (AvgIpc) is 2.37. The van der Waals surface area contributed by atoms with Gasteiger partial charge in [-0.15, -0.1) is 0 Å². The summed E-state index contributed by atoms with van der Waals surface area (Å²) in [7, 11) is 1.59. The topological polar surface area (TPSA) is 75.4 Å². The minimum atomic E-state index is -0.134. The molecule has 2 amide bonds. The van der Waals surface area contributed by atoms with Crippen LogP contribution >= 0.6 is 0 Å². The van der Waals surface area contributed by atoms with Gasteiger partial charge in [0.1, 0.15) is 0 Å². The summed E-state index contributed by atoms with van der Waals surface area (Å²) in [5.74, 6) is 0.0919. The summed E-state index contributed by atoms with van der Waals surface area (Å²) < 4.78 is 0. The van der Waals surface area contributed by atoms with Crippen molar-refractivity contribution in [3.05, 3.63) is 0 Å². The van der Waals surface area contributed by atoms with Gasteiger partial charge in [-0.05, 0) is 25.2 Å². The summed E-state index contributed by atoms with van der Waals surface area (Å²) in [4.78, 5) is 25.8. The molecule has 1 rings (SSSR count).